The molecule has 1 aromatic rings. The molecule has 1 aromatic carbocycles. The van der Waals surface area contributed by atoms with Gasteiger partial charge in [-0.1, -0.05) is 32.3 Å². The van der Waals surface area contributed by atoms with Crippen LogP contribution in [0.4, 0.5) is 4.39 Å². The highest BCUT2D eigenvalue weighted by Gasteiger charge is 2.32. The predicted molar refractivity (Wildman–Crippen MR) is 135 cm³/mol. The Morgan fingerprint density at radius 1 is 1.16 bits per heavy atom. The summed E-state index contributed by atoms with van der Waals surface area (Å²) in [6.45, 7) is 6.39. The molecule has 1 aliphatic rings. The lowest BCUT2D eigenvalue weighted by Gasteiger charge is -2.37. The van der Waals surface area contributed by atoms with Gasteiger partial charge in [-0.15, -0.1) is 24.0 Å². The van der Waals surface area contributed by atoms with Crippen LogP contribution in [-0.4, -0.2) is 45.9 Å². The van der Waals surface area contributed by atoms with Crippen molar-refractivity contribution >= 4 is 39.8 Å². The van der Waals surface area contributed by atoms with E-state index in [9.17, 15) is 12.8 Å². The monoisotopic (exact) mass is 569 g/mol. The molecule has 0 aliphatic heterocycles. The Hall–Kier alpha value is -0.940. The predicted octanol–water partition coefficient (Wildman–Crippen LogP) is 4.17. The Morgan fingerprint density at radius 2 is 1.87 bits per heavy atom. The lowest BCUT2D eigenvalue weighted by atomic mass is 9.84. The first-order valence-corrected chi connectivity index (χ1v) is 12.9. The molecule has 0 spiro atoms. The Morgan fingerprint density at radius 3 is 2.48 bits per heavy atom. The molecular weight excluding hydrogens is 532 g/mol. The van der Waals surface area contributed by atoms with Gasteiger partial charge in [-0.3, -0.25) is 0 Å². The number of sulfone groups is 1. The van der Waals surface area contributed by atoms with E-state index in [0.29, 0.717) is 30.2 Å². The summed E-state index contributed by atoms with van der Waals surface area (Å²) in [5.41, 5.74) is 0.978. The second-order valence-corrected chi connectivity index (χ2v) is 10.3. The van der Waals surface area contributed by atoms with Gasteiger partial charge in [0.05, 0.1) is 17.9 Å². The van der Waals surface area contributed by atoms with Crippen molar-refractivity contribution in [1.82, 2.24) is 10.6 Å². The number of halogens is 2. The standard InChI is InChI=1S/C22H36FN3O3S.HI/c1-4-13-29-22(11-7-6-8-12-22)17-26-21(24-5-2)25-15-19-14-20(23)10-9-18(19)16-30(3,27)28;/h9-10,14H,4-8,11-13,15-17H2,1-3H3,(H2,24,25,26);1H. The van der Waals surface area contributed by atoms with Gasteiger partial charge in [-0.05, 0) is 49.4 Å². The molecule has 6 nitrogen and oxygen atoms in total. The average molecular weight is 570 g/mol. The van der Waals surface area contributed by atoms with Crippen molar-refractivity contribution in [3.63, 3.8) is 0 Å². The van der Waals surface area contributed by atoms with E-state index in [1.54, 1.807) is 0 Å². The Kier molecular flexibility index (Phi) is 12.3. The van der Waals surface area contributed by atoms with E-state index in [0.717, 1.165) is 38.7 Å². The molecule has 0 atom stereocenters. The van der Waals surface area contributed by atoms with Gasteiger partial charge in [0.15, 0.2) is 15.8 Å². The van der Waals surface area contributed by atoms with E-state index >= 15 is 0 Å². The molecule has 9 heteroatoms. The van der Waals surface area contributed by atoms with Crippen LogP contribution in [0.3, 0.4) is 0 Å². The highest BCUT2D eigenvalue weighted by Crippen LogP contribution is 2.31. The maximum atomic E-state index is 13.8. The molecule has 0 radical (unpaired) electrons. The van der Waals surface area contributed by atoms with Gasteiger partial charge >= 0.3 is 0 Å². The molecule has 178 valence electrons. The van der Waals surface area contributed by atoms with Gasteiger partial charge in [0, 0.05) is 26.0 Å². The second kappa shape index (κ2) is 13.6. The number of hydrogen-bond donors (Lipinski definition) is 2. The first-order chi connectivity index (χ1) is 14.3. The summed E-state index contributed by atoms with van der Waals surface area (Å²) in [6.07, 6.45) is 7.79. The molecule has 0 aromatic heterocycles. The van der Waals surface area contributed by atoms with Crippen LogP contribution in [0.1, 0.15) is 63.5 Å². The summed E-state index contributed by atoms with van der Waals surface area (Å²) >= 11 is 0. The molecular formula is C22H37FIN3O3S. The van der Waals surface area contributed by atoms with Gasteiger partial charge in [0.25, 0.3) is 0 Å². The number of nitrogens with one attached hydrogen (secondary N) is 2. The zero-order valence-corrected chi connectivity index (χ0v) is 22.0. The van der Waals surface area contributed by atoms with Gasteiger partial charge in [-0.25, -0.2) is 17.8 Å². The summed E-state index contributed by atoms with van der Waals surface area (Å²) < 4.78 is 43.4. The minimum atomic E-state index is -3.22. The maximum absolute atomic E-state index is 13.8. The summed E-state index contributed by atoms with van der Waals surface area (Å²) in [5, 5.41) is 6.61. The van der Waals surface area contributed by atoms with Crippen molar-refractivity contribution in [2.75, 3.05) is 26.0 Å². The van der Waals surface area contributed by atoms with Crippen LogP contribution in [0.15, 0.2) is 23.2 Å². The summed E-state index contributed by atoms with van der Waals surface area (Å²) in [7, 11) is -3.22. The van der Waals surface area contributed by atoms with Gasteiger partial charge in [0.1, 0.15) is 5.82 Å². The SMILES string of the molecule is CCCOC1(CNC(=NCc2cc(F)ccc2CS(C)(=O)=O)NCC)CCCCC1.I. The topological polar surface area (TPSA) is 79.8 Å². The smallest absolute Gasteiger partial charge is 0.191 e. The number of hydrogen-bond acceptors (Lipinski definition) is 4. The molecule has 31 heavy (non-hydrogen) atoms. The summed E-state index contributed by atoms with van der Waals surface area (Å²) in [5.74, 6) is 0.0949. The van der Waals surface area contributed by atoms with Crippen molar-refractivity contribution < 1.29 is 17.5 Å². The maximum Gasteiger partial charge on any atom is 0.191 e. The third-order valence-corrected chi connectivity index (χ3v) is 6.13. The number of benzene rings is 1. The zero-order valence-electron chi connectivity index (χ0n) is 18.9. The van der Waals surface area contributed by atoms with Crippen LogP contribution in [-0.2, 0) is 26.9 Å². The molecule has 0 heterocycles. The quantitative estimate of drug-likeness (QED) is 0.251. The van der Waals surface area contributed by atoms with Gasteiger partial charge in [0.2, 0.25) is 0 Å². The number of nitrogens with zero attached hydrogens (tertiary/aromatic N) is 1. The first kappa shape index (κ1) is 28.1. The summed E-state index contributed by atoms with van der Waals surface area (Å²) in [6, 6.07) is 4.17. The molecule has 1 fully saturated rings. The molecule has 0 bridgehead atoms. The van der Waals surface area contributed by atoms with Crippen LogP contribution in [0.2, 0.25) is 0 Å². The van der Waals surface area contributed by atoms with E-state index in [1.807, 2.05) is 6.92 Å². The van der Waals surface area contributed by atoms with Gasteiger partial charge in [-0.2, -0.15) is 0 Å². The minimum absolute atomic E-state index is 0. The minimum Gasteiger partial charge on any atom is -0.373 e. The van der Waals surface area contributed by atoms with E-state index in [2.05, 4.69) is 22.5 Å². The van der Waals surface area contributed by atoms with Crippen LogP contribution in [0, 0.1) is 5.82 Å². The number of guanidine groups is 1. The molecule has 0 unspecified atom stereocenters. The number of aliphatic imine (C=N–C) groups is 1. The van der Waals surface area contributed by atoms with Crippen LogP contribution < -0.4 is 10.6 Å². The second-order valence-electron chi connectivity index (χ2n) is 8.12. The lowest BCUT2D eigenvalue weighted by molar-refractivity contribution is -0.0657. The van der Waals surface area contributed by atoms with Gasteiger partial charge < -0.3 is 15.4 Å². The largest absolute Gasteiger partial charge is 0.373 e. The van der Waals surface area contributed by atoms with Crippen LogP contribution >= 0.6 is 24.0 Å². The fourth-order valence-corrected chi connectivity index (χ4v) is 4.65. The van der Waals surface area contributed by atoms with Crippen molar-refractivity contribution in [2.45, 2.75) is 70.3 Å². The highest BCUT2D eigenvalue weighted by atomic mass is 127. The lowest BCUT2D eigenvalue weighted by Crippen LogP contribution is -2.49. The molecule has 0 amide bonds. The fourth-order valence-electron chi connectivity index (χ4n) is 3.80. The van der Waals surface area contributed by atoms with Crippen molar-refractivity contribution in [1.29, 1.82) is 0 Å². The molecule has 2 rings (SSSR count). The third kappa shape index (κ3) is 10.0. The zero-order chi connectivity index (χ0) is 22.0. The fraction of sp³-hybridized carbons (Fsp3) is 0.682. The molecule has 1 saturated carbocycles. The average Bonchev–Trinajstić information content (AvgIpc) is 2.70. The molecule has 2 N–H and O–H groups in total. The number of rotatable bonds is 10. The Bertz CT molecular complexity index is 812. The third-order valence-electron chi connectivity index (χ3n) is 5.29. The highest BCUT2D eigenvalue weighted by molar-refractivity contribution is 14.0. The first-order valence-electron chi connectivity index (χ1n) is 10.9. The van der Waals surface area contributed by atoms with E-state index < -0.39 is 15.7 Å². The van der Waals surface area contributed by atoms with Crippen molar-refractivity contribution in [2.24, 2.45) is 4.99 Å². The van der Waals surface area contributed by atoms with E-state index in [1.165, 1.54) is 30.9 Å². The van der Waals surface area contributed by atoms with Crippen LogP contribution in [0.5, 0.6) is 0 Å². The van der Waals surface area contributed by atoms with Crippen molar-refractivity contribution in [3.05, 3.63) is 35.1 Å². The normalized spacial score (nSPS) is 16.5. The molecule has 0 saturated heterocycles. The van der Waals surface area contributed by atoms with Crippen molar-refractivity contribution in [3.8, 4) is 0 Å². The Balaban J connectivity index is 0.00000480. The van der Waals surface area contributed by atoms with E-state index in [-0.39, 0.29) is 41.9 Å². The van der Waals surface area contributed by atoms with E-state index in [4.69, 9.17) is 4.74 Å². The number of ether oxygens (including phenoxy) is 1. The van der Waals surface area contributed by atoms with Crippen LogP contribution in [0.25, 0.3) is 0 Å². The molecule has 1 aliphatic carbocycles. The Labute approximate surface area is 203 Å². The summed E-state index contributed by atoms with van der Waals surface area (Å²) in [4.78, 5) is 4.59.